The van der Waals surface area contributed by atoms with E-state index in [1.807, 2.05) is 18.3 Å². The van der Waals surface area contributed by atoms with Crippen LogP contribution in [0.15, 0.2) is 28.8 Å². The van der Waals surface area contributed by atoms with Crippen LogP contribution in [-0.4, -0.2) is 56.4 Å². The zero-order valence-corrected chi connectivity index (χ0v) is 23.1. The average molecular weight is 573 g/mol. The predicted molar refractivity (Wildman–Crippen MR) is 144 cm³/mol. The van der Waals surface area contributed by atoms with Crippen LogP contribution in [0.4, 0.5) is 18.3 Å². The number of oxazole rings is 1. The van der Waals surface area contributed by atoms with Gasteiger partial charge in [0.15, 0.2) is 16.6 Å². The first-order valence-corrected chi connectivity index (χ1v) is 13.4. The van der Waals surface area contributed by atoms with Gasteiger partial charge in [0.05, 0.1) is 22.2 Å². The third kappa shape index (κ3) is 5.33. The number of piperidine rings is 1. The van der Waals surface area contributed by atoms with E-state index in [9.17, 15) is 18.4 Å². The summed E-state index contributed by atoms with van der Waals surface area (Å²) < 4.78 is 38.5. The van der Waals surface area contributed by atoms with Gasteiger partial charge >= 0.3 is 12.1 Å². The van der Waals surface area contributed by atoms with Crippen molar-refractivity contribution >= 4 is 43.8 Å². The Bertz CT molecular complexity index is 1640. The number of aryl methyl sites for hydroxylation is 1. The number of alkyl halides is 3. The highest BCUT2D eigenvalue weighted by Gasteiger charge is 2.49. The number of thiazole rings is 1. The number of nitrogens with zero attached hydrogens (tertiary/aromatic N) is 5. The van der Waals surface area contributed by atoms with E-state index in [4.69, 9.17) is 19.3 Å². The first-order chi connectivity index (χ1) is 18.7. The quantitative estimate of drug-likeness (QED) is 0.312. The summed E-state index contributed by atoms with van der Waals surface area (Å²) in [5.41, 5.74) is 4.67. The molecule has 0 amide bonds. The summed E-state index contributed by atoms with van der Waals surface area (Å²) in [4.78, 5) is 25.2. The Balaban J connectivity index is 0.000000411. The van der Waals surface area contributed by atoms with Crippen LogP contribution >= 0.6 is 11.3 Å². The highest BCUT2D eigenvalue weighted by molar-refractivity contribution is 7.22. The molecule has 9 nitrogen and oxygen atoms in total. The van der Waals surface area contributed by atoms with Crippen molar-refractivity contribution in [3.05, 3.63) is 35.9 Å². The normalized spacial score (nSPS) is 24.0. The van der Waals surface area contributed by atoms with Crippen LogP contribution in [0.3, 0.4) is 0 Å². The van der Waals surface area contributed by atoms with Crippen LogP contribution in [0, 0.1) is 18.3 Å². The lowest BCUT2D eigenvalue weighted by molar-refractivity contribution is -0.192. The number of aromatic nitrogens is 3. The molecule has 2 fully saturated rings. The summed E-state index contributed by atoms with van der Waals surface area (Å²) in [7, 11) is 2.17. The van der Waals surface area contributed by atoms with Crippen molar-refractivity contribution in [3.8, 4) is 17.3 Å². The number of rotatable bonds is 3. The minimum absolute atomic E-state index is 0.216. The molecule has 1 aromatic carbocycles. The van der Waals surface area contributed by atoms with Crippen LogP contribution in [0.2, 0.25) is 0 Å². The molecule has 0 spiro atoms. The van der Waals surface area contributed by atoms with Crippen LogP contribution in [0.1, 0.15) is 51.0 Å². The number of pyridine rings is 1. The van der Waals surface area contributed by atoms with E-state index in [1.54, 1.807) is 18.3 Å². The lowest BCUT2D eigenvalue weighted by Crippen LogP contribution is -2.58. The summed E-state index contributed by atoms with van der Waals surface area (Å²) in [5, 5.41) is 21.6. The van der Waals surface area contributed by atoms with Crippen LogP contribution in [-0.2, 0) is 4.79 Å². The molecule has 0 saturated carbocycles. The third-order valence-electron chi connectivity index (χ3n) is 7.58. The Morgan fingerprint density at radius 3 is 2.48 bits per heavy atom. The van der Waals surface area contributed by atoms with Crippen molar-refractivity contribution in [1.29, 1.82) is 5.26 Å². The average Bonchev–Trinajstić information content (AvgIpc) is 3.53. The van der Waals surface area contributed by atoms with Crippen LogP contribution in [0.5, 0.6) is 0 Å². The Morgan fingerprint density at radius 2 is 1.88 bits per heavy atom. The molecule has 2 aliphatic heterocycles. The number of aliphatic carboxylic acids is 1. The largest absolute Gasteiger partial charge is 0.490 e. The number of fused-ring (bicyclic) bond motifs is 4. The summed E-state index contributed by atoms with van der Waals surface area (Å²) in [6.07, 6.45) is 1.48. The fourth-order valence-electron chi connectivity index (χ4n) is 5.76. The Morgan fingerprint density at radius 1 is 1.23 bits per heavy atom. The van der Waals surface area contributed by atoms with Gasteiger partial charge in [-0.05, 0) is 57.7 Å². The number of anilines is 1. The Hall–Kier alpha value is -3.76. The molecule has 3 aromatic heterocycles. The van der Waals surface area contributed by atoms with Crippen molar-refractivity contribution in [1.82, 2.24) is 20.3 Å². The number of carboxylic acids is 1. The second-order valence-corrected chi connectivity index (χ2v) is 12.0. The summed E-state index contributed by atoms with van der Waals surface area (Å²) in [5.74, 6) is -2.21. The molecule has 5 heterocycles. The molecule has 13 heteroatoms. The van der Waals surface area contributed by atoms with E-state index in [2.05, 4.69) is 53.2 Å². The van der Waals surface area contributed by atoms with Gasteiger partial charge in [0, 0.05) is 36.7 Å². The fourth-order valence-corrected chi connectivity index (χ4v) is 6.76. The molecule has 210 valence electrons. The van der Waals surface area contributed by atoms with Crippen molar-refractivity contribution in [2.24, 2.45) is 0 Å². The Kier molecular flexibility index (Phi) is 6.74. The Labute approximate surface area is 231 Å². The van der Waals surface area contributed by atoms with Crippen LogP contribution < -0.4 is 10.2 Å². The number of hydrogen-bond acceptors (Lipinski definition) is 9. The van der Waals surface area contributed by atoms with Gasteiger partial charge in [0.1, 0.15) is 17.1 Å². The first kappa shape index (κ1) is 27.8. The van der Waals surface area contributed by atoms with E-state index in [-0.39, 0.29) is 11.1 Å². The molecule has 2 N–H and O–H groups in total. The minimum atomic E-state index is -5.08. The van der Waals surface area contributed by atoms with E-state index in [0.717, 1.165) is 39.4 Å². The van der Waals surface area contributed by atoms with E-state index in [1.165, 1.54) is 12.8 Å². The minimum Gasteiger partial charge on any atom is -0.475 e. The monoisotopic (exact) mass is 572 g/mol. The van der Waals surface area contributed by atoms with Gasteiger partial charge in [-0.3, -0.25) is 4.98 Å². The third-order valence-corrected chi connectivity index (χ3v) is 8.69. The van der Waals surface area contributed by atoms with Gasteiger partial charge in [-0.25, -0.2) is 14.8 Å². The predicted octanol–water partition coefficient (Wildman–Crippen LogP) is 5.81. The molecular formula is C27H27F3N6O3S. The molecular weight excluding hydrogens is 545 g/mol. The van der Waals surface area contributed by atoms with Crippen molar-refractivity contribution in [2.45, 2.75) is 69.8 Å². The zero-order chi connectivity index (χ0) is 29.0. The lowest BCUT2D eigenvalue weighted by Gasteiger charge is -2.45. The highest BCUT2D eigenvalue weighted by atomic mass is 32.1. The smallest absolute Gasteiger partial charge is 0.475 e. The maximum atomic E-state index is 10.6. The van der Waals surface area contributed by atoms with Crippen molar-refractivity contribution in [2.75, 3.05) is 11.9 Å². The molecule has 0 radical (unpaired) electrons. The molecule has 3 atom stereocenters. The number of nitrogens with one attached hydrogen (secondary N) is 1. The van der Waals surface area contributed by atoms with E-state index >= 15 is 0 Å². The number of halogens is 3. The number of nitriles is 1. The first-order valence-electron chi connectivity index (χ1n) is 12.6. The van der Waals surface area contributed by atoms with Gasteiger partial charge in [0.2, 0.25) is 0 Å². The van der Waals surface area contributed by atoms with E-state index in [0.29, 0.717) is 28.6 Å². The lowest BCUT2D eigenvalue weighted by atomic mass is 9.84. The molecule has 6 rings (SSSR count). The summed E-state index contributed by atoms with van der Waals surface area (Å²) in [6.45, 7) is 6.50. The summed E-state index contributed by atoms with van der Waals surface area (Å²) >= 11 is 1.70. The SMILES string of the molecule is Cc1nc2c(C#N)cc(-c3cc4sc(N(C)C5C[C@]6(C)CC[C@](C)(C5)N6)nc4cn3)cc2o1.O=C(O)C(F)(F)F. The van der Waals surface area contributed by atoms with Gasteiger partial charge < -0.3 is 19.7 Å². The maximum Gasteiger partial charge on any atom is 0.490 e. The molecule has 2 saturated heterocycles. The molecule has 2 bridgehead atoms. The number of carbonyl (C=O) groups is 1. The second kappa shape index (κ2) is 9.71. The molecule has 0 aliphatic carbocycles. The molecule has 40 heavy (non-hydrogen) atoms. The standard InChI is InChI=1S/C25H26N6OS.C2HF3O2/c1-14-28-22-16(12-26)7-15(8-20(22)32-14)18-9-21-19(13-27-18)29-23(33-21)31(4)17-10-24(2)5-6-25(3,11-17)30-24;3-2(4,5)1(6)7/h7-9,13,17,30H,5-6,10-11H2,1-4H3;(H,6,7)/t17?,24-,25+;. The fraction of sp³-hybridized carbons (Fsp3) is 0.444. The van der Waals surface area contributed by atoms with Crippen molar-refractivity contribution < 1.29 is 27.5 Å². The number of carboxylic acid groups (broad SMARTS) is 1. The van der Waals surface area contributed by atoms with Gasteiger partial charge in [0.25, 0.3) is 0 Å². The topological polar surface area (TPSA) is 128 Å². The van der Waals surface area contributed by atoms with Gasteiger partial charge in [-0.2, -0.15) is 18.4 Å². The number of benzene rings is 1. The van der Waals surface area contributed by atoms with Crippen LogP contribution in [0.25, 0.3) is 32.6 Å². The molecule has 4 aromatic rings. The maximum absolute atomic E-state index is 10.6. The molecule has 2 aliphatic rings. The number of hydrogen-bond donors (Lipinski definition) is 2. The second-order valence-electron chi connectivity index (χ2n) is 11.0. The highest BCUT2D eigenvalue weighted by Crippen LogP contribution is 2.44. The molecule has 1 unspecified atom stereocenters. The van der Waals surface area contributed by atoms with Gasteiger partial charge in [-0.1, -0.05) is 11.3 Å². The van der Waals surface area contributed by atoms with Crippen molar-refractivity contribution in [3.63, 3.8) is 0 Å². The van der Waals surface area contributed by atoms with Gasteiger partial charge in [-0.15, -0.1) is 0 Å². The van der Waals surface area contributed by atoms with E-state index < -0.39 is 12.1 Å². The summed E-state index contributed by atoms with van der Waals surface area (Å²) in [6, 6.07) is 8.50. The zero-order valence-electron chi connectivity index (χ0n) is 22.3.